The van der Waals surface area contributed by atoms with E-state index in [1.165, 1.54) is 5.56 Å². The predicted molar refractivity (Wildman–Crippen MR) is 133 cm³/mol. The Balaban J connectivity index is 1.75. The summed E-state index contributed by atoms with van der Waals surface area (Å²) in [6.45, 7) is 9.62. The summed E-state index contributed by atoms with van der Waals surface area (Å²) in [6, 6.07) is 14.3. The predicted octanol–water partition coefficient (Wildman–Crippen LogP) is 4.51. The number of aliphatic hydroxyl groups excluding tert-OH is 1. The second-order valence-electron chi connectivity index (χ2n) is 10.1. The lowest BCUT2D eigenvalue weighted by atomic mass is 9.85. The number of aliphatic hydroxyl groups is 1. The van der Waals surface area contributed by atoms with Crippen LogP contribution in [0.1, 0.15) is 56.3 Å². The minimum Gasteiger partial charge on any atom is -0.507 e. The molecule has 2 fully saturated rings. The topological polar surface area (TPSA) is 70.1 Å². The van der Waals surface area contributed by atoms with E-state index >= 15 is 0 Å². The highest BCUT2D eigenvalue weighted by Gasteiger charge is 2.46. The molecule has 2 aliphatic heterocycles. The summed E-state index contributed by atoms with van der Waals surface area (Å²) in [7, 11) is 1.57. The SMILES string of the molecule is COc1ccc(/C(O)=C2\C(=O)C(=O)N(CCN3CCCC3)C2c2ccc(C(C)(C)C)cc2)cc1. The maximum Gasteiger partial charge on any atom is 0.295 e. The maximum atomic E-state index is 13.2. The molecule has 0 aliphatic carbocycles. The Hall–Kier alpha value is -3.12. The molecule has 2 aromatic carbocycles. The van der Waals surface area contributed by atoms with Gasteiger partial charge in [-0.15, -0.1) is 0 Å². The van der Waals surface area contributed by atoms with Crippen LogP contribution in [0.25, 0.3) is 5.76 Å². The van der Waals surface area contributed by atoms with Crippen molar-refractivity contribution in [3.63, 3.8) is 0 Å². The van der Waals surface area contributed by atoms with Crippen molar-refractivity contribution >= 4 is 17.4 Å². The summed E-state index contributed by atoms with van der Waals surface area (Å²) < 4.78 is 5.21. The third-order valence-corrected chi connectivity index (χ3v) is 6.85. The largest absolute Gasteiger partial charge is 0.507 e. The van der Waals surface area contributed by atoms with Gasteiger partial charge >= 0.3 is 0 Å². The van der Waals surface area contributed by atoms with Gasteiger partial charge in [0.1, 0.15) is 11.5 Å². The van der Waals surface area contributed by atoms with E-state index in [4.69, 9.17) is 4.74 Å². The van der Waals surface area contributed by atoms with Crippen LogP contribution < -0.4 is 4.74 Å². The van der Waals surface area contributed by atoms with Crippen molar-refractivity contribution in [1.29, 1.82) is 0 Å². The van der Waals surface area contributed by atoms with Gasteiger partial charge in [-0.2, -0.15) is 0 Å². The van der Waals surface area contributed by atoms with E-state index in [0.29, 0.717) is 24.4 Å². The van der Waals surface area contributed by atoms with E-state index in [-0.39, 0.29) is 16.7 Å². The summed E-state index contributed by atoms with van der Waals surface area (Å²) >= 11 is 0. The molecule has 6 nitrogen and oxygen atoms in total. The number of carbonyl (C=O) groups is 2. The number of rotatable bonds is 6. The maximum absolute atomic E-state index is 13.2. The molecule has 2 heterocycles. The zero-order chi connectivity index (χ0) is 24.5. The Morgan fingerprint density at radius 1 is 0.971 bits per heavy atom. The fraction of sp³-hybridized carbons (Fsp3) is 0.429. The van der Waals surface area contributed by atoms with Crippen molar-refractivity contribution < 1.29 is 19.4 Å². The number of likely N-dealkylation sites (tertiary alicyclic amines) is 2. The van der Waals surface area contributed by atoms with Crippen LogP contribution in [0, 0.1) is 0 Å². The molecule has 1 unspecified atom stereocenters. The molecule has 1 atom stereocenters. The normalized spacial score (nSPS) is 20.8. The number of amides is 1. The molecule has 0 radical (unpaired) electrons. The fourth-order valence-electron chi connectivity index (χ4n) is 4.78. The molecule has 6 heteroatoms. The third-order valence-electron chi connectivity index (χ3n) is 6.85. The Bertz CT molecular complexity index is 1070. The molecule has 4 rings (SSSR count). The first kappa shape index (κ1) is 24.0. The standard InChI is InChI=1S/C28H34N2O4/c1-28(2,3)21-11-7-19(8-12-21)24-23(25(31)20-9-13-22(34-4)14-10-20)26(32)27(33)30(24)18-17-29-15-5-6-16-29/h7-14,24,31H,5-6,15-18H2,1-4H3/b25-23+. The van der Waals surface area contributed by atoms with Gasteiger partial charge in [0, 0.05) is 18.7 Å². The molecule has 2 saturated heterocycles. The molecule has 1 amide bonds. The van der Waals surface area contributed by atoms with Gasteiger partial charge in [-0.1, -0.05) is 45.0 Å². The second-order valence-corrected chi connectivity index (χ2v) is 10.1. The van der Waals surface area contributed by atoms with Crippen molar-refractivity contribution in [3.8, 4) is 5.75 Å². The first-order valence-corrected chi connectivity index (χ1v) is 12.0. The molecule has 2 aromatic rings. The molecule has 180 valence electrons. The van der Waals surface area contributed by atoms with Gasteiger partial charge in [-0.05, 0) is 66.7 Å². The number of ketones is 1. The zero-order valence-electron chi connectivity index (χ0n) is 20.5. The van der Waals surface area contributed by atoms with Gasteiger partial charge in [-0.25, -0.2) is 0 Å². The van der Waals surface area contributed by atoms with Crippen LogP contribution >= 0.6 is 0 Å². The monoisotopic (exact) mass is 462 g/mol. The summed E-state index contributed by atoms with van der Waals surface area (Å²) in [6.07, 6.45) is 2.32. The number of hydrogen-bond donors (Lipinski definition) is 1. The summed E-state index contributed by atoms with van der Waals surface area (Å²) in [4.78, 5) is 30.3. The lowest BCUT2D eigenvalue weighted by Gasteiger charge is -2.28. The Labute approximate surface area is 201 Å². The number of carbonyl (C=O) groups excluding carboxylic acids is 2. The number of nitrogens with zero attached hydrogens (tertiary/aromatic N) is 2. The molecular formula is C28H34N2O4. The first-order valence-electron chi connectivity index (χ1n) is 12.0. The van der Waals surface area contributed by atoms with Gasteiger partial charge in [-0.3, -0.25) is 9.59 Å². The average Bonchev–Trinajstić information content (AvgIpc) is 3.43. The average molecular weight is 463 g/mol. The molecule has 0 saturated carbocycles. The summed E-state index contributed by atoms with van der Waals surface area (Å²) in [5.74, 6) is -0.703. The first-order chi connectivity index (χ1) is 16.2. The van der Waals surface area contributed by atoms with E-state index in [9.17, 15) is 14.7 Å². The fourth-order valence-corrected chi connectivity index (χ4v) is 4.78. The second kappa shape index (κ2) is 9.63. The lowest BCUT2D eigenvalue weighted by molar-refractivity contribution is -0.140. The third kappa shape index (κ3) is 4.73. The molecular weight excluding hydrogens is 428 g/mol. The number of Topliss-reactive ketones (excluding diaryl/α,β-unsaturated/α-hetero) is 1. The van der Waals surface area contributed by atoms with E-state index in [1.54, 1.807) is 36.3 Å². The summed E-state index contributed by atoms with van der Waals surface area (Å²) in [5.41, 5.74) is 2.60. The van der Waals surface area contributed by atoms with Crippen molar-refractivity contribution in [2.75, 3.05) is 33.3 Å². The van der Waals surface area contributed by atoms with Crippen LogP contribution in [0.4, 0.5) is 0 Å². The van der Waals surface area contributed by atoms with E-state index < -0.39 is 17.7 Å². The Kier molecular flexibility index (Phi) is 6.80. The molecule has 2 aliphatic rings. The number of hydrogen-bond acceptors (Lipinski definition) is 5. The highest BCUT2D eigenvalue weighted by atomic mass is 16.5. The minimum atomic E-state index is -0.639. The van der Waals surface area contributed by atoms with Gasteiger partial charge in [0.05, 0.1) is 18.7 Å². The Morgan fingerprint density at radius 3 is 2.15 bits per heavy atom. The van der Waals surface area contributed by atoms with Gasteiger partial charge < -0.3 is 19.6 Å². The highest BCUT2D eigenvalue weighted by molar-refractivity contribution is 6.46. The zero-order valence-corrected chi connectivity index (χ0v) is 20.5. The minimum absolute atomic E-state index is 0.0147. The smallest absolute Gasteiger partial charge is 0.295 e. The number of ether oxygens (including phenoxy) is 1. The van der Waals surface area contributed by atoms with Crippen molar-refractivity contribution in [3.05, 3.63) is 70.8 Å². The summed E-state index contributed by atoms with van der Waals surface area (Å²) in [5, 5.41) is 11.2. The quantitative estimate of drug-likeness (QED) is 0.389. The number of benzene rings is 2. The van der Waals surface area contributed by atoms with Gasteiger partial charge in [0.15, 0.2) is 0 Å². The van der Waals surface area contributed by atoms with Crippen LogP contribution in [-0.4, -0.2) is 59.9 Å². The number of methoxy groups -OCH3 is 1. The van der Waals surface area contributed by atoms with Crippen molar-refractivity contribution in [1.82, 2.24) is 9.80 Å². The van der Waals surface area contributed by atoms with E-state index in [2.05, 4.69) is 25.7 Å². The van der Waals surface area contributed by atoms with E-state index in [0.717, 1.165) is 31.5 Å². The molecule has 1 N–H and O–H groups in total. The van der Waals surface area contributed by atoms with Crippen LogP contribution in [0.2, 0.25) is 0 Å². The van der Waals surface area contributed by atoms with Crippen LogP contribution in [-0.2, 0) is 15.0 Å². The lowest BCUT2D eigenvalue weighted by Crippen LogP contribution is -2.37. The van der Waals surface area contributed by atoms with Crippen molar-refractivity contribution in [2.24, 2.45) is 0 Å². The van der Waals surface area contributed by atoms with Crippen molar-refractivity contribution in [2.45, 2.75) is 45.1 Å². The van der Waals surface area contributed by atoms with Crippen LogP contribution in [0.15, 0.2) is 54.1 Å². The molecule has 0 aromatic heterocycles. The molecule has 0 spiro atoms. The van der Waals surface area contributed by atoms with Gasteiger partial charge in [0.2, 0.25) is 0 Å². The van der Waals surface area contributed by atoms with E-state index in [1.807, 2.05) is 24.3 Å². The Morgan fingerprint density at radius 2 is 1.59 bits per heavy atom. The van der Waals surface area contributed by atoms with Gasteiger partial charge in [0.25, 0.3) is 11.7 Å². The molecule has 0 bridgehead atoms. The van der Waals surface area contributed by atoms with Crippen LogP contribution in [0.3, 0.4) is 0 Å². The molecule has 34 heavy (non-hydrogen) atoms. The highest BCUT2D eigenvalue weighted by Crippen LogP contribution is 2.40. The van der Waals surface area contributed by atoms with Crippen LogP contribution in [0.5, 0.6) is 5.75 Å².